The molecular weight excluding hydrogens is 419 g/mol. The van der Waals surface area contributed by atoms with Crippen LogP contribution in [0.15, 0.2) is 48.5 Å². The Morgan fingerprint density at radius 2 is 1.73 bits per heavy atom. The zero-order valence-corrected chi connectivity index (χ0v) is 18.8. The third-order valence-corrected chi connectivity index (χ3v) is 6.33. The van der Waals surface area contributed by atoms with Crippen LogP contribution in [0.4, 0.5) is 10.3 Å². The Labute approximate surface area is 193 Å². The van der Waals surface area contributed by atoms with Crippen molar-refractivity contribution >= 4 is 11.9 Å². The number of rotatable bonds is 4. The van der Waals surface area contributed by atoms with E-state index in [9.17, 15) is 9.18 Å². The summed E-state index contributed by atoms with van der Waals surface area (Å²) in [6, 6.07) is 13.5. The van der Waals surface area contributed by atoms with Gasteiger partial charge in [0.2, 0.25) is 11.8 Å². The second-order valence-corrected chi connectivity index (χ2v) is 8.65. The number of aryl methyl sites for hydroxylation is 1. The Kier molecular flexibility index (Phi) is 5.94. The van der Waals surface area contributed by atoms with Crippen molar-refractivity contribution in [2.75, 3.05) is 24.5 Å². The highest BCUT2D eigenvalue weighted by Gasteiger charge is 2.28. The van der Waals surface area contributed by atoms with Crippen LogP contribution in [0.25, 0.3) is 0 Å². The van der Waals surface area contributed by atoms with Crippen LogP contribution in [0.1, 0.15) is 46.4 Å². The summed E-state index contributed by atoms with van der Waals surface area (Å²) in [5, 5.41) is 0. The molecule has 170 valence electrons. The number of hydrogen-bond donors (Lipinski definition) is 0. The van der Waals surface area contributed by atoms with E-state index in [4.69, 9.17) is 14.7 Å². The molecule has 0 radical (unpaired) electrons. The van der Waals surface area contributed by atoms with Gasteiger partial charge in [-0.05, 0) is 62.1 Å². The fourth-order valence-corrected chi connectivity index (χ4v) is 4.41. The van der Waals surface area contributed by atoms with Gasteiger partial charge in [0, 0.05) is 31.6 Å². The van der Waals surface area contributed by atoms with E-state index in [2.05, 4.69) is 4.90 Å². The number of carbonyl (C=O) groups excluding carboxylic acids is 1. The van der Waals surface area contributed by atoms with Gasteiger partial charge in [-0.25, -0.2) is 9.37 Å². The molecule has 3 heterocycles. The fourth-order valence-electron chi connectivity index (χ4n) is 4.41. The van der Waals surface area contributed by atoms with Gasteiger partial charge in [0.15, 0.2) is 0 Å². The van der Waals surface area contributed by atoms with Gasteiger partial charge in [-0.2, -0.15) is 4.98 Å². The number of halogens is 1. The highest BCUT2D eigenvalue weighted by molar-refractivity contribution is 5.94. The Morgan fingerprint density at radius 3 is 2.48 bits per heavy atom. The van der Waals surface area contributed by atoms with Crippen molar-refractivity contribution in [1.29, 1.82) is 0 Å². The maximum atomic E-state index is 13.3. The number of para-hydroxylation sites is 1. The number of anilines is 1. The van der Waals surface area contributed by atoms with Crippen LogP contribution in [0.2, 0.25) is 0 Å². The summed E-state index contributed by atoms with van der Waals surface area (Å²) in [5.74, 6) is 1.46. The minimum Gasteiger partial charge on any atom is -0.438 e. The molecule has 5 rings (SSSR count). The SMILES string of the molecule is Cc1ccccc1Oc1nc(N2CCCCC2)nc2c1CN(C(=O)c1ccc(F)cc1)CC2. The molecule has 7 heteroatoms. The van der Waals surface area contributed by atoms with Crippen molar-refractivity contribution in [3.63, 3.8) is 0 Å². The Balaban J connectivity index is 1.49. The van der Waals surface area contributed by atoms with E-state index >= 15 is 0 Å². The normalized spacial score (nSPS) is 15.8. The van der Waals surface area contributed by atoms with Crippen molar-refractivity contribution in [3.8, 4) is 11.6 Å². The van der Waals surface area contributed by atoms with Crippen molar-refractivity contribution in [1.82, 2.24) is 14.9 Å². The molecule has 1 amide bonds. The summed E-state index contributed by atoms with van der Waals surface area (Å²) in [7, 11) is 0. The first-order valence-electron chi connectivity index (χ1n) is 11.5. The number of nitrogens with zero attached hydrogens (tertiary/aromatic N) is 4. The topological polar surface area (TPSA) is 58.6 Å². The van der Waals surface area contributed by atoms with E-state index in [1.54, 1.807) is 4.90 Å². The van der Waals surface area contributed by atoms with Crippen LogP contribution in [-0.4, -0.2) is 40.4 Å². The molecule has 2 aromatic carbocycles. The van der Waals surface area contributed by atoms with E-state index in [1.165, 1.54) is 30.7 Å². The highest BCUT2D eigenvalue weighted by Crippen LogP contribution is 2.33. The van der Waals surface area contributed by atoms with Gasteiger partial charge >= 0.3 is 0 Å². The lowest BCUT2D eigenvalue weighted by molar-refractivity contribution is 0.0732. The van der Waals surface area contributed by atoms with Gasteiger partial charge in [-0.1, -0.05) is 18.2 Å². The number of aromatic nitrogens is 2. The average Bonchev–Trinajstić information content (AvgIpc) is 2.85. The third kappa shape index (κ3) is 4.53. The number of carbonyl (C=O) groups is 1. The van der Waals surface area contributed by atoms with Crippen LogP contribution in [-0.2, 0) is 13.0 Å². The standard InChI is InChI=1S/C26H27FN4O2/c1-18-7-3-4-8-23(18)33-24-21-17-31(25(32)19-9-11-20(27)12-10-19)16-13-22(21)28-26(29-24)30-14-5-2-6-15-30/h3-4,7-12H,2,5-6,13-17H2,1H3. The van der Waals surface area contributed by atoms with Gasteiger partial charge in [0.05, 0.1) is 17.8 Å². The maximum absolute atomic E-state index is 13.3. The van der Waals surface area contributed by atoms with Crippen molar-refractivity contribution < 1.29 is 13.9 Å². The van der Waals surface area contributed by atoms with Crippen LogP contribution >= 0.6 is 0 Å². The molecule has 0 N–H and O–H groups in total. The molecule has 0 aliphatic carbocycles. The molecule has 3 aromatic rings. The van der Waals surface area contributed by atoms with Crippen molar-refractivity contribution in [2.45, 2.75) is 39.2 Å². The summed E-state index contributed by atoms with van der Waals surface area (Å²) in [5.41, 5.74) is 3.24. The van der Waals surface area contributed by atoms with E-state index in [-0.39, 0.29) is 11.7 Å². The first-order valence-corrected chi connectivity index (χ1v) is 11.5. The smallest absolute Gasteiger partial charge is 0.254 e. The van der Waals surface area contributed by atoms with E-state index in [0.717, 1.165) is 48.5 Å². The maximum Gasteiger partial charge on any atom is 0.254 e. The van der Waals surface area contributed by atoms with Crippen molar-refractivity contribution in [3.05, 3.63) is 76.7 Å². The van der Waals surface area contributed by atoms with Gasteiger partial charge < -0.3 is 14.5 Å². The summed E-state index contributed by atoms with van der Waals surface area (Å²) in [6.45, 7) is 4.78. The molecular formula is C26H27FN4O2. The first kappa shape index (κ1) is 21.4. The third-order valence-electron chi connectivity index (χ3n) is 6.33. The predicted molar refractivity (Wildman–Crippen MR) is 124 cm³/mol. The molecule has 6 nitrogen and oxygen atoms in total. The lowest BCUT2D eigenvalue weighted by Gasteiger charge is -2.32. The van der Waals surface area contributed by atoms with Gasteiger partial charge in [-0.3, -0.25) is 4.79 Å². The number of ether oxygens (including phenoxy) is 1. The molecule has 0 unspecified atom stereocenters. The number of amides is 1. The van der Waals surface area contributed by atoms with Gasteiger partial charge in [-0.15, -0.1) is 0 Å². The van der Waals surface area contributed by atoms with E-state index < -0.39 is 0 Å². The molecule has 1 fully saturated rings. The monoisotopic (exact) mass is 446 g/mol. The molecule has 2 aliphatic heterocycles. The summed E-state index contributed by atoms with van der Waals surface area (Å²) >= 11 is 0. The van der Waals surface area contributed by atoms with Gasteiger partial charge in [0.1, 0.15) is 11.6 Å². The molecule has 2 aliphatic rings. The zero-order chi connectivity index (χ0) is 22.8. The quantitative estimate of drug-likeness (QED) is 0.570. The average molecular weight is 447 g/mol. The minimum absolute atomic E-state index is 0.136. The molecule has 0 saturated carbocycles. The highest BCUT2D eigenvalue weighted by atomic mass is 19.1. The number of piperidine rings is 1. The van der Waals surface area contributed by atoms with Crippen LogP contribution in [0.5, 0.6) is 11.6 Å². The first-order chi connectivity index (χ1) is 16.1. The van der Waals surface area contributed by atoms with E-state index in [1.807, 2.05) is 31.2 Å². The summed E-state index contributed by atoms with van der Waals surface area (Å²) < 4.78 is 19.6. The lowest BCUT2D eigenvalue weighted by Crippen LogP contribution is -2.37. The lowest BCUT2D eigenvalue weighted by atomic mass is 10.0. The number of benzene rings is 2. The second-order valence-electron chi connectivity index (χ2n) is 8.65. The molecule has 0 bridgehead atoms. The van der Waals surface area contributed by atoms with E-state index in [0.29, 0.717) is 36.9 Å². The number of hydrogen-bond acceptors (Lipinski definition) is 5. The zero-order valence-electron chi connectivity index (χ0n) is 18.8. The summed E-state index contributed by atoms with van der Waals surface area (Å²) in [6.07, 6.45) is 4.12. The van der Waals surface area contributed by atoms with Gasteiger partial charge in [0.25, 0.3) is 5.91 Å². The largest absolute Gasteiger partial charge is 0.438 e. The van der Waals surface area contributed by atoms with Crippen LogP contribution in [0.3, 0.4) is 0 Å². The predicted octanol–water partition coefficient (Wildman–Crippen LogP) is 4.91. The molecule has 33 heavy (non-hydrogen) atoms. The Bertz CT molecular complexity index is 1160. The number of fused-ring (bicyclic) bond motifs is 1. The minimum atomic E-state index is -0.358. The van der Waals surface area contributed by atoms with Crippen molar-refractivity contribution in [2.24, 2.45) is 0 Å². The van der Waals surface area contributed by atoms with Crippen LogP contribution in [0, 0.1) is 12.7 Å². The molecule has 1 saturated heterocycles. The molecule has 1 aromatic heterocycles. The van der Waals surface area contributed by atoms with Crippen LogP contribution < -0.4 is 9.64 Å². The Hall–Kier alpha value is -3.48. The fraction of sp³-hybridized carbons (Fsp3) is 0.346. The Morgan fingerprint density at radius 1 is 0.970 bits per heavy atom. The molecule has 0 spiro atoms. The second kappa shape index (κ2) is 9.17. The summed E-state index contributed by atoms with van der Waals surface area (Å²) in [4.78, 5) is 26.8. The molecule has 0 atom stereocenters.